The van der Waals surface area contributed by atoms with E-state index in [4.69, 9.17) is 14.2 Å². The van der Waals surface area contributed by atoms with Gasteiger partial charge in [0.2, 0.25) is 5.13 Å². The molecule has 2 heterocycles. The van der Waals surface area contributed by atoms with Gasteiger partial charge in [-0.1, -0.05) is 88.8 Å². The summed E-state index contributed by atoms with van der Waals surface area (Å²) in [6.07, 6.45) is 0. The Hall–Kier alpha value is -5.13. The predicted molar refractivity (Wildman–Crippen MR) is 187 cm³/mol. The number of aromatic nitrogens is 2. The molecule has 0 radical (unpaired) electrons. The van der Waals surface area contributed by atoms with E-state index in [0.29, 0.717) is 45.1 Å². The van der Waals surface area contributed by atoms with Crippen LogP contribution in [0.3, 0.4) is 0 Å². The lowest BCUT2D eigenvalue weighted by atomic mass is 9.95. The summed E-state index contributed by atoms with van der Waals surface area (Å²) in [4.78, 5) is 28.7. The molecule has 0 bridgehead atoms. The Morgan fingerprint density at radius 1 is 0.854 bits per heavy atom. The van der Waals surface area contributed by atoms with Gasteiger partial charge < -0.3 is 19.3 Å². The Kier molecular flexibility index (Phi) is 9.79. The van der Waals surface area contributed by atoms with E-state index in [-0.39, 0.29) is 16.5 Å². The van der Waals surface area contributed by atoms with E-state index in [9.17, 15) is 14.7 Å². The van der Waals surface area contributed by atoms with Gasteiger partial charge in [0.15, 0.2) is 15.8 Å². The van der Waals surface area contributed by atoms with Crippen molar-refractivity contribution in [1.82, 2.24) is 10.2 Å². The van der Waals surface area contributed by atoms with Crippen molar-refractivity contribution in [2.45, 2.75) is 36.6 Å². The van der Waals surface area contributed by atoms with E-state index in [1.165, 1.54) is 47.8 Å². The Labute approximate surface area is 286 Å². The van der Waals surface area contributed by atoms with Crippen LogP contribution in [-0.2, 0) is 21.9 Å². The number of hydrogen-bond acceptors (Lipinski definition) is 10. The number of anilines is 1. The first-order chi connectivity index (χ1) is 23.2. The molecule has 48 heavy (non-hydrogen) atoms. The molecule has 1 unspecified atom stereocenters. The summed E-state index contributed by atoms with van der Waals surface area (Å²) in [5, 5.41) is 20.5. The normalized spacial score (nSPS) is 15.5. The maximum atomic E-state index is 13.7. The number of aryl methyl sites for hydroxylation is 2. The van der Waals surface area contributed by atoms with Gasteiger partial charge in [-0.15, -0.1) is 10.2 Å². The Bertz CT molecular complexity index is 1990. The van der Waals surface area contributed by atoms with Crippen LogP contribution in [0.5, 0.6) is 17.2 Å². The summed E-state index contributed by atoms with van der Waals surface area (Å²) in [5.74, 6) is 0.162. The zero-order chi connectivity index (χ0) is 33.8. The fraction of sp³-hybridized carbons (Fsp3) is 0.189. The zero-order valence-electron chi connectivity index (χ0n) is 26.8. The molecule has 9 nitrogen and oxygen atoms in total. The highest BCUT2D eigenvalue weighted by Gasteiger charge is 2.48. The average Bonchev–Trinajstić information content (AvgIpc) is 3.68. The van der Waals surface area contributed by atoms with Crippen molar-refractivity contribution in [3.05, 3.63) is 130 Å². The zero-order valence-corrected chi connectivity index (χ0v) is 28.4. The fourth-order valence-corrected chi connectivity index (χ4v) is 7.21. The van der Waals surface area contributed by atoms with Crippen LogP contribution in [0.2, 0.25) is 0 Å². The number of thioether (sulfide) groups is 1. The summed E-state index contributed by atoms with van der Waals surface area (Å²) < 4.78 is 17.5. The number of ketones is 1. The van der Waals surface area contributed by atoms with Crippen molar-refractivity contribution in [2.24, 2.45) is 0 Å². The molecular formula is C37H33N3O6S2. The molecule has 1 atom stereocenters. The van der Waals surface area contributed by atoms with Crippen molar-refractivity contribution in [3.8, 4) is 17.2 Å². The molecule has 1 aliphatic rings. The van der Waals surface area contributed by atoms with Crippen molar-refractivity contribution >= 4 is 45.7 Å². The highest BCUT2D eigenvalue weighted by Crippen LogP contribution is 2.45. The first-order valence-corrected chi connectivity index (χ1v) is 16.9. The quantitative estimate of drug-likeness (QED) is 0.0494. The lowest BCUT2D eigenvalue weighted by Crippen LogP contribution is -2.29. The molecule has 1 N–H and O–H groups in total. The second-order valence-electron chi connectivity index (χ2n) is 11.2. The number of ether oxygens (including phenoxy) is 3. The fourth-order valence-electron chi connectivity index (χ4n) is 5.39. The summed E-state index contributed by atoms with van der Waals surface area (Å²) in [6.45, 7) is 4.44. The average molecular weight is 680 g/mol. The summed E-state index contributed by atoms with van der Waals surface area (Å²) in [5.41, 5.74) is 5.27. The molecule has 5 aromatic rings. The third-order valence-electron chi connectivity index (χ3n) is 7.87. The minimum Gasteiger partial charge on any atom is -0.507 e. The number of nitrogens with zero attached hydrogens (tertiary/aromatic N) is 3. The van der Waals surface area contributed by atoms with Crippen LogP contribution in [0, 0.1) is 13.8 Å². The Morgan fingerprint density at radius 3 is 2.31 bits per heavy atom. The molecule has 6 rings (SSSR count). The number of aliphatic hydroxyl groups excluding tert-OH is 1. The SMILES string of the molecule is COc1ccc(C2/C(=C(\O)c3ccc(OCc4cccc(C)c4)cc3)C(=O)C(=O)N2c2nnc(SCc3ccc(C)cc3)s2)cc1OC. The first kappa shape index (κ1) is 32.8. The number of rotatable bonds is 11. The summed E-state index contributed by atoms with van der Waals surface area (Å²) in [7, 11) is 3.03. The molecule has 11 heteroatoms. The lowest BCUT2D eigenvalue weighted by molar-refractivity contribution is -0.132. The van der Waals surface area contributed by atoms with E-state index in [0.717, 1.165) is 16.7 Å². The Balaban J connectivity index is 1.33. The van der Waals surface area contributed by atoms with Gasteiger partial charge in [-0.25, -0.2) is 0 Å². The number of Topliss-reactive ketones (excluding diaryl/α,β-unsaturated/α-hetero) is 1. The van der Waals surface area contributed by atoms with Crippen LogP contribution in [0.15, 0.2) is 101 Å². The van der Waals surface area contributed by atoms with Gasteiger partial charge >= 0.3 is 5.91 Å². The van der Waals surface area contributed by atoms with Crippen LogP contribution in [-0.4, -0.2) is 41.2 Å². The number of methoxy groups -OCH3 is 2. The third-order valence-corrected chi connectivity index (χ3v) is 10.00. The van der Waals surface area contributed by atoms with E-state index < -0.39 is 17.7 Å². The van der Waals surface area contributed by atoms with Crippen LogP contribution >= 0.6 is 23.1 Å². The van der Waals surface area contributed by atoms with Crippen LogP contribution in [0.4, 0.5) is 5.13 Å². The highest BCUT2D eigenvalue weighted by molar-refractivity contribution is 8.00. The van der Waals surface area contributed by atoms with Crippen LogP contribution < -0.4 is 19.1 Å². The second kappa shape index (κ2) is 14.3. The van der Waals surface area contributed by atoms with Gasteiger partial charge in [0, 0.05) is 11.3 Å². The molecule has 4 aromatic carbocycles. The maximum Gasteiger partial charge on any atom is 0.301 e. The summed E-state index contributed by atoms with van der Waals surface area (Å²) in [6, 6.07) is 27.1. The number of aliphatic hydroxyl groups is 1. The monoisotopic (exact) mass is 679 g/mol. The standard InChI is InChI=1S/C37H33N3O6S2/c1-22-8-10-24(11-9-22)21-47-37-39-38-36(48-37)40-32(27-14-17-29(44-3)30(19-27)45-4)31(34(42)35(40)43)33(41)26-12-15-28(16-13-26)46-20-25-7-5-6-23(2)18-25/h5-19,32,41H,20-21H2,1-4H3/b33-31+. The minimum absolute atomic E-state index is 0.0790. The van der Waals surface area contributed by atoms with Crippen LogP contribution in [0.1, 0.15) is 39.4 Å². The highest BCUT2D eigenvalue weighted by atomic mass is 32.2. The molecule has 1 saturated heterocycles. The summed E-state index contributed by atoms with van der Waals surface area (Å²) >= 11 is 2.70. The van der Waals surface area contributed by atoms with E-state index in [2.05, 4.69) is 40.5 Å². The lowest BCUT2D eigenvalue weighted by Gasteiger charge is -2.23. The van der Waals surface area contributed by atoms with Crippen molar-refractivity contribution in [2.75, 3.05) is 19.1 Å². The molecule has 1 aromatic heterocycles. The van der Waals surface area contributed by atoms with Crippen LogP contribution in [0.25, 0.3) is 5.76 Å². The van der Waals surface area contributed by atoms with Gasteiger partial charge in [0.25, 0.3) is 5.78 Å². The molecule has 0 aliphatic carbocycles. The maximum absolute atomic E-state index is 13.7. The predicted octanol–water partition coefficient (Wildman–Crippen LogP) is 7.67. The number of amides is 1. The first-order valence-electron chi connectivity index (χ1n) is 15.1. The molecule has 0 saturated carbocycles. The number of hydrogen-bond donors (Lipinski definition) is 1. The molecular weight excluding hydrogens is 647 g/mol. The molecule has 0 spiro atoms. The minimum atomic E-state index is -1.01. The largest absolute Gasteiger partial charge is 0.507 e. The van der Waals surface area contributed by atoms with Crippen molar-refractivity contribution in [1.29, 1.82) is 0 Å². The van der Waals surface area contributed by atoms with Gasteiger partial charge in [0.05, 0.1) is 25.8 Å². The van der Waals surface area contributed by atoms with Gasteiger partial charge in [-0.2, -0.15) is 0 Å². The second-order valence-corrected chi connectivity index (χ2v) is 13.4. The number of benzene rings is 4. The van der Waals surface area contributed by atoms with Gasteiger partial charge in [-0.3, -0.25) is 14.5 Å². The molecule has 1 aliphatic heterocycles. The number of carbonyl (C=O) groups excluding carboxylic acids is 2. The van der Waals surface area contributed by atoms with Gasteiger partial charge in [-0.05, 0) is 66.9 Å². The smallest absolute Gasteiger partial charge is 0.301 e. The Morgan fingerprint density at radius 2 is 1.60 bits per heavy atom. The molecule has 1 fully saturated rings. The number of carbonyl (C=O) groups is 2. The van der Waals surface area contributed by atoms with E-state index >= 15 is 0 Å². The molecule has 244 valence electrons. The molecule has 1 amide bonds. The van der Waals surface area contributed by atoms with Crippen molar-refractivity contribution in [3.63, 3.8) is 0 Å². The van der Waals surface area contributed by atoms with Crippen molar-refractivity contribution < 1.29 is 28.9 Å². The van der Waals surface area contributed by atoms with E-state index in [1.807, 2.05) is 32.0 Å². The van der Waals surface area contributed by atoms with E-state index in [1.54, 1.807) is 42.5 Å². The third kappa shape index (κ3) is 6.92. The van der Waals surface area contributed by atoms with Gasteiger partial charge in [0.1, 0.15) is 18.1 Å². The topological polar surface area (TPSA) is 111 Å².